The maximum Gasteiger partial charge on any atom is 0.407 e. The van der Waals surface area contributed by atoms with E-state index in [1.54, 1.807) is 9.47 Å². The Morgan fingerprint density at radius 2 is 1.97 bits per heavy atom. The Balaban J connectivity index is 0.00000240. The number of halogens is 1. The highest BCUT2D eigenvalue weighted by Crippen LogP contribution is 2.30. The molecule has 3 aliphatic heterocycles. The van der Waals surface area contributed by atoms with Gasteiger partial charge in [-0.15, -0.1) is 12.4 Å². The molecule has 4 rings (SSSR count). The van der Waals surface area contributed by atoms with Crippen LogP contribution in [0.15, 0.2) is 17.1 Å². The molecule has 0 aromatic carbocycles. The van der Waals surface area contributed by atoms with E-state index in [-0.39, 0.29) is 41.6 Å². The lowest BCUT2D eigenvalue weighted by Crippen LogP contribution is -2.41. The topological polar surface area (TPSA) is 92.7 Å². The first kappa shape index (κ1) is 21.6. The first-order chi connectivity index (χ1) is 13.5. The second kappa shape index (κ2) is 8.75. The van der Waals surface area contributed by atoms with E-state index < -0.39 is 5.60 Å². The van der Waals surface area contributed by atoms with Crippen molar-refractivity contribution in [3.05, 3.63) is 33.7 Å². The molecule has 0 radical (unpaired) electrons. The number of aryl methyl sites for hydroxylation is 1. The average molecular weight is 425 g/mol. The lowest BCUT2D eigenvalue weighted by atomic mass is 9.95. The number of hydrogen-bond donors (Lipinski definition) is 2. The number of carbonyl (C=O) groups is 2. The average Bonchev–Trinajstić information content (AvgIpc) is 2.93. The minimum atomic E-state index is -0.521. The highest BCUT2D eigenvalue weighted by atomic mass is 35.5. The first-order valence-electron chi connectivity index (χ1n) is 10.2. The summed E-state index contributed by atoms with van der Waals surface area (Å²) in [6, 6.07) is 2.01. The van der Waals surface area contributed by atoms with Crippen LogP contribution in [0.1, 0.15) is 54.1 Å². The SMILES string of the molecule is Cc1ccn(C2CCNCC2)c(=O)c1C(=O)N1CCCC2(CC1)CNC(=O)O2.Cl. The highest BCUT2D eigenvalue weighted by molar-refractivity contribution is 5.95. The fourth-order valence-corrected chi connectivity index (χ4v) is 4.58. The molecule has 1 atom stereocenters. The van der Waals surface area contributed by atoms with Crippen molar-refractivity contribution in [2.75, 3.05) is 32.7 Å². The molecule has 160 valence electrons. The molecule has 1 aromatic rings. The van der Waals surface area contributed by atoms with Gasteiger partial charge in [-0.25, -0.2) is 4.79 Å². The second-order valence-corrected chi connectivity index (χ2v) is 8.14. The summed E-state index contributed by atoms with van der Waals surface area (Å²) in [5.74, 6) is -0.208. The molecule has 0 bridgehead atoms. The van der Waals surface area contributed by atoms with Crippen molar-refractivity contribution in [3.63, 3.8) is 0 Å². The van der Waals surface area contributed by atoms with Gasteiger partial charge in [0.25, 0.3) is 11.5 Å². The number of ether oxygens (including phenoxy) is 1. The lowest BCUT2D eigenvalue weighted by molar-refractivity contribution is 0.0438. The summed E-state index contributed by atoms with van der Waals surface area (Å²) in [4.78, 5) is 39.7. The fraction of sp³-hybridized carbons (Fsp3) is 0.650. The van der Waals surface area contributed by atoms with Gasteiger partial charge in [-0.05, 0) is 57.3 Å². The van der Waals surface area contributed by atoms with Crippen molar-refractivity contribution < 1.29 is 14.3 Å². The Kier molecular flexibility index (Phi) is 6.53. The van der Waals surface area contributed by atoms with Crippen LogP contribution in [0.5, 0.6) is 0 Å². The van der Waals surface area contributed by atoms with Crippen LogP contribution < -0.4 is 16.2 Å². The van der Waals surface area contributed by atoms with Crippen LogP contribution in [-0.4, -0.2) is 59.8 Å². The van der Waals surface area contributed by atoms with Gasteiger partial charge in [0.05, 0.1) is 6.54 Å². The first-order valence-corrected chi connectivity index (χ1v) is 10.2. The Morgan fingerprint density at radius 3 is 2.66 bits per heavy atom. The molecule has 8 nitrogen and oxygen atoms in total. The number of hydrogen-bond acceptors (Lipinski definition) is 5. The lowest BCUT2D eigenvalue weighted by Gasteiger charge is -2.27. The summed E-state index contributed by atoms with van der Waals surface area (Å²) in [5.41, 5.74) is 0.282. The number of rotatable bonds is 2. The quantitative estimate of drug-likeness (QED) is 0.752. The molecule has 29 heavy (non-hydrogen) atoms. The van der Waals surface area contributed by atoms with Crippen molar-refractivity contribution in [1.29, 1.82) is 0 Å². The number of piperidine rings is 1. The summed E-state index contributed by atoms with van der Waals surface area (Å²) >= 11 is 0. The van der Waals surface area contributed by atoms with Crippen LogP contribution in [0.3, 0.4) is 0 Å². The maximum absolute atomic E-state index is 13.3. The monoisotopic (exact) mass is 424 g/mol. The second-order valence-electron chi connectivity index (χ2n) is 8.14. The molecule has 2 N–H and O–H groups in total. The zero-order valence-electron chi connectivity index (χ0n) is 16.7. The van der Waals surface area contributed by atoms with Crippen LogP contribution in [0.25, 0.3) is 0 Å². The third-order valence-corrected chi connectivity index (χ3v) is 6.29. The number of pyridine rings is 1. The van der Waals surface area contributed by atoms with E-state index in [9.17, 15) is 14.4 Å². The number of amides is 2. The molecule has 1 spiro atoms. The molecule has 0 saturated carbocycles. The van der Waals surface area contributed by atoms with E-state index in [0.29, 0.717) is 31.6 Å². The molecule has 3 fully saturated rings. The van der Waals surface area contributed by atoms with Crippen LogP contribution >= 0.6 is 12.4 Å². The predicted molar refractivity (Wildman–Crippen MR) is 111 cm³/mol. The van der Waals surface area contributed by atoms with E-state index in [4.69, 9.17) is 4.74 Å². The van der Waals surface area contributed by atoms with E-state index >= 15 is 0 Å². The number of aromatic nitrogens is 1. The Labute approximate surface area is 176 Å². The van der Waals surface area contributed by atoms with E-state index in [0.717, 1.165) is 38.8 Å². The summed E-state index contributed by atoms with van der Waals surface area (Å²) in [7, 11) is 0. The van der Waals surface area contributed by atoms with Crippen molar-refractivity contribution in [2.24, 2.45) is 0 Å². The number of nitrogens with one attached hydrogen (secondary N) is 2. The zero-order valence-corrected chi connectivity index (χ0v) is 17.6. The molecule has 9 heteroatoms. The summed E-state index contributed by atoms with van der Waals surface area (Å²) in [6.07, 6.45) is 5.28. The molecule has 1 aromatic heterocycles. The van der Waals surface area contributed by atoms with Crippen molar-refractivity contribution in [1.82, 2.24) is 20.1 Å². The molecular formula is C20H29ClN4O4. The molecule has 2 amide bonds. The van der Waals surface area contributed by atoms with Crippen LogP contribution in [0, 0.1) is 6.92 Å². The van der Waals surface area contributed by atoms with Crippen LogP contribution in [-0.2, 0) is 4.74 Å². The minimum Gasteiger partial charge on any atom is -0.441 e. The van der Waals surface area contributed by atoms with E-state index in [1.807, 2.05) is 19.2 Å². The number of likely N-dealkylation sites (tertiary alicyclic amines) is 1. The zero-order chi connectivity index (χ0) is 19.7. The number of carbonyl (C=O) groups excluding carboxylic acids is 2. The van der Waals surface area contributed by atoms with Gasteiger partial charge in [0.1, 0.15) is 11.2 Å². The molecular weight excluding hydrogens is 396 g/mol. The largest absolute Gasteiger partial charge is 0.441 e. The van der Waals surface area contributed by atoms with Crippen LogP contribution in [0.2, 0.25) is 0 Å². The third-order valence-electron chi connectivity index (χ3n) is 6.29. The number of alkyl carbamates (subject to hydrolysis) is 1. The maximum atomic E-state index is 13.3. The molecule has 1 unspecified atom stereocenters. The van der Waals surface area contributed by atoms with Gasteiger partial charge in [0.15, 0.2) is 0 Å². The smallest absolute Gasteiger partial charge is 0.407 e. The van der Waals surface area contributed by atoms with Gasteiger partial charge in [-0.3, -0.25) is 9.59 Å². The predicted octanol–water partition coefficient (Wildman–Crippen LogP) is 1.61. The van der Waals surface area contributed by atoms with E-state index in [2.05, 4.69) is 10.6 Å². The minimum absolute atomic E-state index is 0. The van der Waals surface area contributed by atoms with Gasteiger partial charge in [0, 0.05) is 31.7 Å². The summed E-state index contributed by atoms with van der Waals surface area (Å²) in [5, 5.41) is 6.03. The van der Waals surface area contributed by atoms with Gasteiger partial charge < -0.3 is 24.8 Å². The molecule has 0 aliphatic carbocycles. The van der Waals surface area contributed by atoms with Crippen molar-refractivity contribution >= 4 is 24.4 Å². The Bertz CT molecular complexity index is 836. The molecule has 4 heterocycles. The highest BCUT2D eigenvalue weighted by Gasteiger charge is 2.42. The molecule has 3 saturated heterocycles. The van der Waals surface area contributed by atoms with Gasteiger partial charge in [0.2, 0.25) is 0 Å². The van der Waals surface area contributed by atoms with Crippen LogP contribution in [0.4, 0.5) is 4.79 Å². The fourth-order valence-electron chi connectivity index (χ4n) is 4.58. The third kappa shape index (κ3) is 4.28. The van der Waals surface area contributed by atoms with Gasteiger partial charge >= 0.3 is 6.09 Å². The molecule has 3 aliphatic rings. The van der Waals surface area contributed by atoms with Crippen molar-refractivity contribution in [2.45, 2.75) is 50.7 Å². The summed E-state index contributed by atoms with van der Waals surface area (Å²) < 4.78 is 7.23. The van der Waals surface area contributed by atoms with Gasteiger partial charge in [-0.2, -0.15) is 0 Å². The van der Waals surface area contributed by atoms with Crippen molar-refractivity contribution in [3.8, 4) is 0 Å². The Hall–Kier alpha value is -2.06. The summed E-state index contributed by atoms with van der Waals surface area (Å²) in [6.45, 7) is 5.13. The number of nitrogens with zero attached hydrogens (tertiary/aromatic N) is 2. The van der Waals surface area contributed by atoms with Gasteiger partial charge in [-0.1, -0.05) is 0 Å². The standard InChI is InChI=1S/C20H28N4O4.ClH/c1-14-5-11-24(15-3-8-21-9-4-15)18(26)16(14)17(25)23-10-2-6-20(7-12-23)13-22-19(27)28-20;/h5,11,15,21H,2-4,6-10,12-13H2,1H3,(H,22,27);1H. The van der Waals surface area contributed by atoms with E-state index in [1.165, 1.54) is 0 Å². The Morgan fingerprint density at radius 1 is 1.21 bits per heavy atom. The normalized spacial score (nSPS) is 25.1.